The molecule has 0 aromatic heterocycles. The Morgan fingerprint density at radius 3 is 0.785 bits per heavy atom. The zero-order chi connectivity index (χ0) is 68.2. The first-order chi connectivity index (χ1) is 45.2. The number of esters is 4. The maximum Gasteiger partial charge on any atom is 0.472 e. The van der Waals surface area contributed by atoms with Gasteiger partial charge in [-0.05, 0) is 77.0 Å². The molecule has 0 radical (unpaired) electrons. The summed E-state index contributed by atoms with van der Waals surface area (Å²) in [6.45, 7) is 4.83. The standard InChI is InChI=1S/C74H136O17P2/c1-5-9-13-17-21-25-28-31-34-37-39-43-47-51-55-59-72(77)85-65-70(91-74(79)61-57-53-49-45-41-38-35-32-29-26-22-18-14-10-6-2)67-89-93(82,83)87-63-68(75)62-86-92(80,81)88-66-69(64-84-71(76)58-54-50-46-42-24-20-16-12-8-4)90-73(78)60-56-52-48-44-40-36-33-30-27-23-19-15-11-7-3/h25-26,28-29,31-32,34-35,68-70,75H,5-24,27,30,33,36-67H2,1-4H3,(H,80,81)(H,82,83)/b28-25-,29-26-,34-31-,35-32-/t68-,69+,70+/m0/s1. The van der Waals surface area contributed by atoms with Crippen LogP contribution < -0.4 is 0 Å². The number of rotatable bonds is 71. The van der Waals surface area contributed by atoms with Crippen molar-refractivity contribution < 1.29 is 80.2 Å². The second-order valence-corrected chi connectivity index (χ2v) is 28.2. The summed E-state index contributed by atoms with van der Waals surface area (Å²) >= 11 is 0. The van der Waals surface area contributed by atoms with Crippen LogP contribution in [0.25, 0.3) is 0 Å². The quantitative estimate of drug-likeness (QED) is 0.0169. The highest BCUT2D eigenvalue weighted by molar-refractivity contribution is 7.47. The minimum Gasteiger partial charge on any atom is -0.462 e. The smallest absolute Gasteiger partial charge is 0.462 e. The van der Waals surface area contributed by atoms with Gasteiger partial charge in [0.1, 0.15) is 19.3 Å². The third-order valence-corrected chi connectivity index (χ3v) is 18.0. The van der Waals surface area contributed by atoms with E-state index >= 15 is 0 Å². The van der Waals surface area contributed by atoms with Gasteiger partial charge in [0.15, 0.2) is 12.2 Å². The third kappa shape index (κ3) is 67.4. The summed E-state index contributed by atoms with van der Waals surface area (Å²) in [5.74, 6) is -2.18. The minimum absolute atomic E-state index is 0.0786. The van der Waals surface area contributed by atoms with Crippen LogP contribution in [0, 0.1) is 0 Å². The molecule has 93 heavy (non-hydrogen) atoms. The second kappa shape index (κ2) is 67.6. The van der Waals surface area contributed by atoms with Gasteiger partial charge in [-0.2, -0.15) is 0 Å². The SMILES string of the molecule is CCCCCC/C=C\C=C/CCCCCCCC(=O)OC[C@H](COP(=O)(O)OC[C@@H](O)COP(=O)(O)OC[C@@H](COC(=O)CCCCCCCCCCC)OC(=O)CCCCCCCCCCCCCCCC)OC(=O)CCCCCCC/C=C\C=C/CCCCCC. The molecule has 0 spiro atoms. The molecule has 0 rings (SSSR count). The highest BCUT2D eigenvalue weighted by Crippen LogP contribution is 2.45. The summed E-state index contributed by atoms with van der Waals surface area (Å²) in [7, 11) is -9.93. The van der Waals surface area contributed by atoms with Gasteiger partial charge in [0.25, 0.3) is 0 Å². The van der Waals surface area contributed by atoms with Crippen LogP contribution in [0.1, 0.15) is 342 Å². The summed E-state index contributed by atoms with van der Waals surface area (Å²) in [6.07, 6.45) is 62.5. The van der Waals surface area contributed by atoms with Crippen LogP contribution in [0.3, 0.4) is 0 Å². The highest BCUT2D eigenvalue weighted by Gasteiger charge is 2.30. The topological polar surface area (TPSA) is 237 Å². The molecule has 0 aliphatic rings. The number of ether oxygens (including phenoxy) is 4. The Bertz CT molecular complexity index is 1960. The van der Waals surface area contributed by atoms with E-state index in [4.69, 9.17) is 37.0 Å². The average molecular weight is 1360 g/mol. The van der Waals surface area contributed by atoms with Gasteiger partial charge in [-0.1, -0.05) is 288 Å². The molecule has 0 bridgehead atoms. The first kappa shape index (κ1) is 90.0. The second-order valence-electron chi connectivity index (χ2n) is 25.3. The lowest BCUT2D eigenvalue weighted by Crippen LogP contribution is -2.30. The number of unbranched alkanes of at least 4 members (excludes halogenated alkanes) is 39. The Labute approximate surface area is 566 Å². The fraction of sp³-hybridized carbons (Fsp3) is 0.838. The number of hydrogen-bond donors (Lipinski definition) is 3. The van der Waals surface area contributed by atoms with Gasteiger partial charge in [-0.25, -0.2) is 9.13 Å². The van der Waals surface area contributed by atoms with E-state index in [1.165, 1.54) is 141 Å². The van der Waals surface area contributed by atoms with Gasteiger partial charge in [0.2, 0.25) is 0 Å². The molecule has 544 valence electrons. The van der Waals surface area contributed by atoms with Gasteiger partial charge in [-0.15, -0.1) is 0 Å². The number of phosphoric ester groups is 2. The fourth-order valence-corrected chi connectivity index (χ4v) is 11.9. The lowest BCUT2D eigenvalue weighted by molar-refractivity contribution is -0.161. The molecule has 0 aromatic carbocycles. The molecule has 0 saturated carbocycles. The number of carbonyl (C=O) groups excluding carboxylic acids is 4. The first-order valence-electron chi connectivity index (χ1n) is 37.4. The Morgan fingerprint density at radius 1 is 0.301 bits per heavy atom. The molecular formula is C74H136O17P2. The molecule has 0 aliphatic carbocycles. The number of phosphoric acid groups is 2. The van der Waals surface area contributed by atoms with Gasteiger partial charge in [0, 0.05) is 25.7 Å². The zero-order valence-corrected chi connectivity index (χ0v) is 61.0. The monoisotopic (exact) mass is 1360 g/mol. The Morgan fingerprint density at radius 2 is 0.516 bits per heavy atom. The van der Waals surface area contributed by atoms with Crippen molar-refractivity contribution in [3.8, 4) is 0 Å². The van der Waals surface area contributed by atoms with E-state index in [0.29, 0.717) is 25.7 Å². The molecular weight excluding hydrogens is 1220 g/mol. The van der Waals surface area contributed by atoms with Crippen LogP contribution in [0.2, 0.25) is 0 Å². The molecule has 0 aromatic rings. The minimum atomic E-state index is -4.97. The molecule has 0 heterocycles. The maximum absolute atomic E-state index is 13.0. The van der Waals surface area contributed by atoms with Gasteiger partial charge in [-0.3, -0.25) is 37.3 Å². The van der Waals surface area contributed by atoms with E-state index in [1.54, 1.807) is 0 Å². The summed E-state index contributed by atoms with van der Waals surface area (Å²) < 4.78 is 68.3. The molecule has 0 aliphatic heterocycles. The molecule has 3 N–H and O–H groups in total. The van der Waals surface area contributed by atoms with E-state index in [9.17, 15) is 43.2 Å². The Balaban J connectivity index is 5.31. The van der Waals surface area contributed by atoms with Crippen molar-refractivity contribution in [2.24, 2.45) is 0 Å². The summed E-state index contributed by atoms with van der Waals surface area (Å²) in [5.41, 5.74) is 0. The van der Waals surface area contributed by atoms with Crippen LogP contribution in [0.4, 0.5) is 0 Å². The third-order valence-electron chi connectivity index (χ3n) is 16.1. The maximum atomic E-state index is 13.0. The number of aliphatic hydroxyl groups excluding tert-OH is 1. The average Bonchev–Trinajstić information content (AvgIpc) is 2.95. The Hall–Kier alpha value is -2.98. The Kier molecular flexibility index (Phi) is 65.4. The summed E-state index contributed by atoms with van der Waals surface area (Å²) in [5, 5.41) is 10.6. The van der Waals surface area contributed by atoms with Crippen LogP contribution >= 0.6 is 15.6 Å². The number of carbonyl (C=O) groups is 4. The number of allylic oxidation sites excluding steroid dienone is 8. The van der Waals surface area contributed by atoms with E-state index < -0.39 is 97.5 Å². The lowest BCUT2D eigenvalue weighted by Gasteiger charge is -2.21. The largest absolute Gasteiger partial charge is 0.472 e. The normalized spacial score (nSPS) is 14.3. The fourth-order valence-electron chi connectivity index (χ4n) is 10.3. The molecule has 17 nitrogen and oxygen atoms in total. The number of aliphatic hydroxyl groups is 1. The van der Waals surface area contributed by atoms with E-state index in [1.807, 2.05) is 0 Å². The molecule has 5 atom stereocenters. The van der Waals surface area contributed by atoms with E-state index in [-0.39, 0.29) is 25.7 Å². The molecule has 2 unspecified atom stereocenters. The van der Waals surface area contributed by atoms with Gasteiger partial charge >= 0.3 is 39.5 Å². The lowest BCUT2D eigenvalue weighted by atomic mass is 10.0. The predicted molar refractivity (Wildman–Crippen MR) is 377 cm³/mol. The predicted octanol–water partition coefficient (Wildman–Crippen LogP) is 20.9. The summed E-state index contributed by atoms with van der Waals surface area (Å²) in [6, 6.07) is 0. The van der Waals surface area contributed by atoms with E-state index in [0.717, 1.165) is 122 Å². The van der Waals surface area contributed by atoms with Crippen LogP contribution in [-0.4, -0.2) is 96.7 Å². The number of hydrogen-bond acceptors (Lipinski definition) is 15. The molecule has 0 fully saturated rings. The van der Waals surface area contributed by atoms with Crippen molar-refractivity contribution in [2.75, 3.05) is 39.6 Å². The molecule has 0 amide bonds. The van der Waals surface area contributed by atoms with Crippen molar-refractivity contribution in [1.82, 2.24) is 0 Å². The van der Waals surface area contributed by atoms with Crippen molar-refractivity contribution in [3.63, 3.8) is 0 Å². The van der Waals surface area contributed by atoms with E-state index in [2.05, 4.69) is 76.3 Å². The van der Waals surface area contributed by atoms with Crippen molar-refractivity contribution in [3.05, 3.63) is 48.6 Å². The molecule has 0 saturated heterocycles. The summed E-state index contributed by atoms with van der Waals surface area (Å²) in [4.78, 5) is 72.6. The van der Waals surface area contributed by atoms with Gasteiger partial charge in [0.05, 0.1) is 26.4 Å². The first-order valence-corrected chi connectivity index (χ1v) is 40.4. The highest BCUT2D eigenvalue weighted by atomic mass is 31.2. The van der Waals surface area contributed by atoms with Crippen molar-refractivity contribution >= 4 is 39.5 Å². The zero-order valence-electron chi connectivity index (χ0n) is 59.2. The van der Waals surface area contributed by atoms with Crippen LogP contribution in [0.15, 0.2) is 48.6 Å². The van der Waals surface area contributed by atoms with Crippen molar-refractivity contribution in [1.29, 1.82) is 0 Å². The van der Waals surface area contributed by atoms with Gasteiger partial charge < -0.3 is 33.8 Å². The van der Waals surface area contributed by atoms with Crippen LogP contribution in [0.5, 0.6) is 0 Å². The van der Waals surface area contributed by atoms with Crippen molar-refractivity contribution in [2.45, 2.75) is 361 Å². The molecule has 19 heteroatoms. The van der Waals surface area contributed by atoms with Crippen LogP contribution in [-0.2, 0) is 65.4 Å².